The van der Waals surface area contributed by atoms with Crippen molar-refractivity contribution in [1.29, 1.82) is 0 Å². The fraction of sp³-hybridized carbons (Fsp3) is 0.304. The van der Waals surface area contributed by atoms with Crippen LogP contribution in [0, 0.1) is 83.1 Å². The van der Waals surface area contributed by atoms with E-state index in [0.29, 0.717) is 78.9 Å². The van der Waals surface area contributed by atoms with Crippen LogP contribution in [0.5, 0.6) is 46.0 Å². The Hall–Kier alpha value is -15.7. The molecule has 0 atom stereocenters. The van der Waals surface area contributed by atoms with Crippen LogP contribution in [0.4, 0.5) is 84.8 Å². The minimum absolute atomic E-state index is 0.0177. The number of alkyl halides is 5. The topological polar surface area (TPSA) is 304 Å². The zero-order valence-corrected chi connectivity index (χ0v) is 84.6. The van der Waals surface area contributed by atoms with Gasteiger partial charge < -0.3 is 66.3 Å². The number of aryl methyl sites for hydroxylation is 13. The SMILES string of the molecule is CCOc1cccc(COc2ccc(C)cc2C)c1NC(=O)OC.CCc1cccc(COc2ccc(C)cc2C)c1NC(=O)OC.COC(=O)Nc1c(COc2ccc(C)cc2C)cccc1C(F)(F)F.COC(=O)Nc1c(COc2ccc(C)cc2C)cccc1C(F)F.COC(=O)Nc1c(COc2ccc(C)cc2C)cccc1C1CC1.COC(=O)Nc1c(COc2ccc(C)cc2C)cccc1OC. The summed E-state index contributed by atoms with van der Waals surface area (Å²) in [6, 6.07) is 66.5. The molecule has 0 unspecified atom stereocenters. The Morgan fingerprint density at radius 2 is 0.552 bits per heavy atom. The van der Waals surface area contributed by atoms with Gasteiger partial charge in [0, 0.05) is 38.9 Å². The van der Waals surface area contributed by atoms with E-state index in [1.807, 2.05) is 217 Å². The van der Waals surface area contributed by atoms with Crippen molar-refractivity contribution in [2.45, 2.75) is 174 Å². The molecule has 0 spiro atoms. The lowest BCUT2D eigenvalue weighted by Gasteiger charge is -2.18. The van der Waals surface area contributed by atoms with E-state index in [9.17, 15) is 50.7 Å². The van der Waals surface area contributed by atoms with Gasteiger partial charge in [-0.15, -0.1) is 0 Å². The van der Waals surface area contributed by atoms with Crippen LogP contribution in [0.15, 0.2) is 218 Å². The number of halogens is 5. The Bertz CT molecular complexity index is 6070. The third-order valence-electron chi connectivity index (χ3n) is 22.2. The number of anilines is 6. The van der Waals surface area contributed by atoms with E-state index in [1.165, 1.54) is 87.6 Å². The van der Waals surface area contributed by atoms with Crippen LogP contribution in [0.3, 0.4) is 0 Å². The van der Waals surface area contributed by atoms with E-state index in [-0.39, 0.29) is 35.7 Å². The number of carbonyl (C=O) groups is 6. The maximum absolute atomic E-state index is 13.2. The van der Waals surface area contributed by atoms with Crippen molar-refractivity contribution in [3.8, 4) is 46.0 Å². The van der Waals surface area contributed by atoms with Crippen LogP contribution in [0.2, 0.25) is 0 Å². The lowest BCUT2D eigenvalue weighted by molar-refractivity contribution is -0.137. The number of ether oxygens (including phenoxy) is 14. The van der Waals surface area contributed by atoms with Crippen molar-refractivity contribution < 1.29 is 117 Å². The van der Waals surface area contributed by atoms with Crippen molar-refractivity contribution in [2.75, 3.05) is 88.3 Å². The molecule has 12 aromatic carbocycles. The number of rotatable bonds is 30. The highest BCUT2D eigenvalue weighted by Gasteiger charge is 2.36. The maximum Gasteiger partial charge on any atom is 0.418 e. The molecule has 1 aliphatic rings. The largest absolute Gasteiger partial charge is 0.495 e. The van der Waals surface area contributed by atoms with Gasteiger partial charge in [0.05, 0.1) is 96.1 Å². The third kappa shape index (κ3) is 35.0. The molecule has 12 aromatic rings. The van der Waals surface area contributed by atoms with Crippen LogP contribution in [0.25, 0.3) is 0 Å². The van der Waals surface area contributed by atoms with Gasteiger partial charge in [0.2, 0.25) is 0 Å². The predicted molar refractivity (Wildman–Crippen MR) is 545 cm³/mol. The fourth-order valence-corrected chi connectivity index (χ4v) is 14.8. The second-order valence-electron chi connectivity index (χ2n) is 33.2. The highest BCUT2D eigenvalue weighted by Crippen LogP contribution is 2.46. The van der Waals surface area contributed by atoms with Gasteiger partial charge in [-0.3, -0.25) is 31.9 Å². The van der Waals surface area contributed by atoms with Gasteiger partial charge in [0.25, 0.3) is 6.43 Å². The Morgan fingerprint density at radius 3 is 0.860 bits per heavy atom. The number of amides is 6. The molecule has 143 heavy (non-hydrogen) atoms. The first-order chi connectivity index (χ1) is 68.4. The molecule has 13 rings (SSSR count). The van der Waals surface area contributed by atoms with Gasteiger partial charge in [0.1, 0.15) is 85.6 Å². The van der Waals surface area contributed by atoms with Crippen molar-refractivity contribution >= 4 is 70.7 Å². The predicted octanol–water partition coefficient (Wildman–Crippen LogP) is 28.2. The van der Waals surface area contributed by atoms with Gasteiger partial charge in [-0.25, -0.2) is 37.5 Å². The molecular weight excluding hydrogens is 1840 g/mol. The molecule has 0 aliphatic heterocycles. The number of para-hydroxylation sites is 6. The molecule has 6 amide bonds. The van der Waals surface area contributed by atoms with E-state index in [1.54, 1.807) is 31.4 Å². The third-order valence-corrected chi connectivity index (χ3v) is 22.2. The average molecular weight is 1970 g/mol. The summed E-state index contributed by atoms with van der Waals surface area (Å²) in [4.78, 5) is 69.4. The monoisotopic (exact) mass is 1970 g/mol. The fourth-order valence-electron chi connectivity index (χ4n) is 14.8. The van der Waals surface area contributed by atoms with E-state index < -0.39 is 54.7 Å². The zero-order valence-electron chi connectivity index (χ0n) is 84.6. The Labute approximate surface area is 832 Å². The van der Waals surface area contributed by atoms with Crippen LogP contribution in [-0.4, -0.2) is 92.9 Å². The van der Waals surface area contributed by atoms with Crippen molar-refractivity contribution in [3.05, 3.63) is 341 Å². The number of hydrogen-bond acceptors (Lipinski definition) is 20. The smallest absolute Gasteiger partial charge is 0.418 e. The van der Waals surface area contributed by atoms with E-state index in [0.717, 1.165) is 139 Å². The van der Waals surface area contributed by atoms with Gasteiger partial charge in [0.15, 0.2) is 0 Å². The number of nitrogens with one attached hydrogen (secondary N) is 6. The molecule has 0 aromatic heterocycles. The Morgan fingerprint density at radius 1 is 0.294 bits per heavy atom. The normalized spacial score (nSPS) is 11.0. The molecule has 26 nitrogen and oxygen atoms in total. The first kappa shape index (κ1) is 113. The molecule has 6 N–H and O–H groups in total. The van der Waals surface area contributed by atoms with Gasteiger partial charge in [-0.2, -0.15) is 13.2 Å². The molecule has 0 radical (unpaired) electrons. The zero-order chi connectivity index (χ0) is 105. The quantitative estimate of drug-likeness (QED) is 0.0180. The molecule has 31 heteroatoms. The van der Waals surface area contributed by atoms with Crippen molar-refractivity contribution in [3.63, 3.8) is 0 Å². The average Bonchev–Trinajstić information content (AvgIpc) is 1.37. The molecular formula is C112H127F5N6O20. The lowest BCUT2D eigenvalue weighted by Crippen LogP contribution is -2.18. The number of methoxy groups -OCH3 is 7. The maximum atomic E-state index is 13.2. The molecule has 0 bridgehead atoms. The van der Waals surface area contributed by atoms with Crippen LogP contribution < -0.4 is 69.8 Å². The summed E-state index contributed by atoms with van der Waals surface area (Å²) >= 11 is 0. The first-order valence-corrected chi connectivity index (χ1v) is 45.9. The second kappa shape index (κ2) is 55.9. The summed E-state index contributed by atoms with van der Waals surface area (Å²) in [5.74, 6) is 6.22. The Balaban J connectivity index is 0.000000210. The number of hydrogen-bond donors (Lipinski definition) is 6. The number of carbonyl (C=O) groups excluding carboxylic acids is 6. The van der Waals surface area contributed by atoms with Crippen LogP contribution in [-0.2, 0) is 80.7 Å². The second-order valence-corrected chi connectivity index (χ2v) is 33.2. The lowest BCUT2D eigenvalue weighted by atomic mass is 10.0. The first-order valence-electron chi connectivity index (χ1n) is 45.9. The van der Waals surface area contributed by atoms with Crippen LogP contribution in [0.1, 0.15) is 161 Å². The summed E-state index contributed by atoms with van der Waals surface area (Å²) in [6.07, 6.45) is -8.01. The van der Waals surface area contributed by atoms with Crippen molar-refractivity contribution in [2.24, 2.45) is 0 Å². The highest BCUT2D eigenvalue weighted by atomic mass is 19.4. The number of benzene rings is 12. The van der Waals surface area contributed by atoms with Crippen molar-refractivity contribution in [1.82, 2.24) is 0 Å². The Kier molecular flexibility index (Phi) is 44.0. The summed E-state index contributed by atoms with van der Waals surface area (Å²) in [7, 11) is 9.17. The summed E-state index contributed by atoms with van der Waals surface area (Å²) in [5, 5.41) is 15.5. The summed E-state index contributed by atoms with van der Waals surface area (Å²) < 4.78 is 140. The summed E-state index contributed by atoms with van der Waals surface area (Å²) in [5.41, 5.74) is 20.6. The van der Waals surface area contributed by atoms with E-state index in [2.05, 4.69) is 90.3 Å². The minimum atomic E-state index is -4.62. The molecule has 1 fully saturated rings. The standard InChI is InChI=1S/C20H23NO3.C19H23NO4.C19H23NO3.C18H18F3NO3.C18H19F2NO3.C18H21NO4/c1-13-7-10-18(14(2)11-13)24-12-16-5-4-6-17(15-8-9-15)19(16)21-20(22)23-3;1-5-23-17-8-6-7-15(18(17)20-19(21)22-4)12-24-16-10-9-13(2)11-14(16)3;1-5-15-7-6-8-16(18(15)20-19(21)22-4)12-23-17-10-9-13(2)11-14(17)3;1-11-7-8-15(12(2)9-11)25-10-13-5-4-6-14(18(19,20)21)16(13)22-17(23)24-3;1-11-7-8-15(12(2)9-11)24-10-13-5-4-6-14(17(19)20)16(13)21-18(22)23-3;1-12-8-9-15(13(2)10-12)23-11-14-6-5-7-16(21-3)17(14)19-18(20)22-4/h4-7,10-11,15H,8-9,12H2,1-3H3,(H,21,22);6-11H,5,12H2,1-4H3,(H,20,21);6-11H,5,12H2,1-4H3,(H,20,21);4-9H,10H2,1-3H3,(H,22,23);4-9,17H,10H2,1-3H3,(H,21,22);5-10H,11H2,1-4H3,(H,19,20). The van der Waals surface area contributed by atoms with Gasteiger partial charge >= 0.3 is 42.7 Å². The van der Waals surface area contributed by atoms with E-state index >= 15 is 0 Å². The molecule has 1 saturated carbocycles. The van der Waals surface area contributed by atoms with E-state index in [4.69, 9.17) is 52.1 Å². The molecule has 0 saturated heterocycles. The van der Waals surface area contributed by atoms with Gasteiger partial charge in [-0.1, -0.05) is 204 Å². The molecule has 0 heterocycles. The van der Waals surface area contributed by atoms with Crippen LogP contribution >= 0.6 is 0 Å². The summed E-state index contributed by atoms with van der Waals surface area (Å²) in [6.45, 7) is 29.7. The van der Waals surface area contributed by atoms with Gasteiger partial charge in [-0.05, 0) is 214 Å². The minimum Gasteiger partial charge on any atom is -0.495 e. The molecule has 760 valence electrons. The molecule has 1 aliphatic carbocycles. The highest BCUT2D eigenvalue weighted by molar-refractivity contribution is 5.91.